The summed E-state index contributed by atoms with van der Waals surface area (Å²) in [5.41, 5.74) is 3.45. The summed E-state index contributed by atoms with van der Waals surface area (Å²) in [4.78, 5) is 11.7. The van der Waals surface area contributed by atoms with Crippen LogP contribution in [0.3, 0.4) is 0 Å². The van der Waals surface area contributed by atoms with E-state index >= 15 is 0 Å². The highest BCUT2D eigenvalue weighted by Crippen LogP contribution is 2.16. The lowest BCUT2D eigenvalue weighted by Crippen LogP contribution is -2.10. The predicted molar refractivity (Wildman–Crippen MR) is 67.9 cm³/mol. The molecule has 0 bridgehead atoms. The highest BCUT2D eigenvalue weighted by atomic mass is 79.9. The van der Waals surface area contributed by atoms with Crippen molar-refractivity contribution in [3.63, 3.8) is 0 Å². The van der Waals surface area contributed by atoms with Crippen molar-refractivity contribution in [2.75, 3.05) is 0 Å². The van der Waals surface area contributed by atoms with Gasteiger partial charge in [0.15, 0.2) is 5.78 Å². The van der Waals surface area contributed by atoms with Gasteiger partial charge in [-0.3, -0.25) is 4.79 Å². The van der Waals surface area contributed by atoms with Gasteiger partial charge in [0.05, 0.1) is 4.83 Å². The number of carbonyl (C=O) groups excluding carboxylic acids is 1. The van der Waals surface area contributed by atoms with E-state index in [2.05, 4.69) is 35.8 Å². The Labute approximate surface area is 100 Å². The highest BCUT2D eigenvalue weighted by Gasteiger charge is 2.12. The lowest BCUT2D eigenvalue weighted by Gasteiger charge is -2.09. The molecule has 0 amide bonds. The number of benzene rings is 1. The van der Waals surface area contributed by atoms with Crippen LogP contribution in [-0.2, 0) is 12.8 Å². The minimum absolute atomic E-state index is 0.102. The monoisotopic (exact) mass is 268 g/mol. The number of hydrogen-bond donors (Lipinski definition) is 0. The van der Waals surface area contributed by atoms with Crippen LogP contribution in [0.25, 0.3) is 0 Å². The molecule has 0 aliphatic heterocycles. The third-order valence-corrected chi connectivity index (χ3v) is 3.03. The summed E-state index contributed by atoms with van der Waals surface area (Å²) in [5, 5.41) is 0. The molecule has 0 radical (unpaired) electrons. The Hall–Kier alpha value is -0.630. The second-order valence-corrected chi connectivity index (χ2v) is 5.04. The van der Waals surface area contributed by atoms with Crippen LogP contribution in [0.5, 0.6) is 0 Å². The maximum absolute atomic E-state index is 11.8. The summed E-state index contributed by atoms with van der Waals surface area (Å²) < 4.78 is 0. The first-order valence-corrected chi connectivity index (χ1v) is 6.31. The van der Waals surface area contributed by atoms with Crippen LogP contribution in [0.1, 0.15) is 42.3 Å². The van der Waals surface area contributed by atoms with Crippen molar-refractivity contribution in [1.82, 2.24) is 0 Å². The summed E-state index contributed by atoms with van der Waals surface area (Å²) in [6.45, 7) is 6.13. The summed E-state index contributed by atoms with van der Waals surface area (Å²) in [5.74, 6) is 0.160. The third-order valence-electron chi connectivity index (χ3n) is 2.61. The number of Topliss-reactive ketones (excluding diaryl/α,β-unsaturated/α-hetero) is 1. The number of halogens is 1. The average molecular weight is 269 g/mol. The van der Waals surface area contributed by atoms with E-state index in [-0.39, 0.29) is 10.6 Å². The number of alkyl halides is 1. The second kappa shape index (κ2) is 5.45. The van der Waals surface area contributed by atoms with Gasteiger partial charge in [0, 0.05) is 5.56 Å². The highest BCUT2D eigenvalue weighted by molar-refractivity contribution is 9.10. The molecule has 0 fully saturated rings. The van der Waals surface area contributed by atoms with Gasteiger partial charge in [-0.1, -0.05) is 41.9 Å². The van der Waals surface area contributed by atoms with Crippen LogP contribution in [0.15, 0.2) is 18.2 Å². The molecule has 82 valence electrons. The fourth-order valence-electron chi connectivity index (χ4n) is 1.68. The number of ketones is 1. The zero-order valence-electron chi connectivity index (χ0n) is 9.51. The Morgan fingerprint density at radius 2 is 1.87 bits per heavy atom. The molecule has 0 heterocycles. The molecule has 0 spiro atoms. The molecule has 0 saturated heterocycles. The molecule has 0 aliphatic carbocycles. The maximum Gasteiger partial charge on any atom is 0.176 e. The summed E-state index contributed by atoms with van der Waals surface area (Å²) >= 11 is 3.31. The van der Waals surface area contributed by atoms with Gasteiger partial charge in [-0.2, -0.15) is 0 Å². The lowest BCUT2D eigenvalue weighted by molar-refractivity contribution is 0.0996. The van der Waals surface area contributed by atoms with E-state index in [4.69, 9.17) is 0 Å². The molecule has 0 aromatic heterocycles. The zero-order valence-corrected chi connectivity index (χ0v) is 11.1. The van der Waals surface area contributed by atoms with Gasteiger partial charge >= 0.3 is 0 Å². The smallest absolute Gasteiger partial charge is 0.176 e. The quantitative estimate of drug-likeness (QED) is 0.600. The van der Waals surface area contributed by atoms with E-state index in [1.165, 1.54) is 11.1 Å². The number of rotatable bonds is 4. The molecule has 15 heavy (non-hydrogen) atoms. The Balaban J connectivity index is 3.08. The van der Waals surface area contributed by atoms with Crippen molar-refractivity contribution < 1.29 is 4.79 Å². The van der Waals surface area contributed by atoms with Crippen molar-refractivity contribution >= 4 is 21.7 Å². The largest absolute Gasteiger partial charge is 0.293 e. The molecular weight excluding hydrogens is 252 g/mol. The van der Waals surface area contributed by atoms with E-state index in [1.54, 1.807) is 0 Å². The van der Waals surface area contributed by atoms with Crippen molar-refractivity contribution in [2.24, 2.45) is 0 Å². The van der Waals surface area contributed by atoms with Crippen LogP contribution < -0.4 is 0 Å². The molecule has 1 aromatic carbocycles. The minimum Gasteiger partial charge on any atom is -0.293 e. The van der Waals surface area contributed by atoms with Crippen molar-refractivity contribution in [3.05, 3.63) is 34.9 Å². The fraction of sp³-hybridized carbons (Fsp3) is 0.462. The first-order valence-electron chi connectivity index (χ1n) is 5.40. The zero-order chi connectivity index (χ0) is 11.4. The Morgan fingerprint density at radius 1 is 1.27 bits per heavy atom. The SMILES string of the molecule is CCc1ccc(C(=O)C(C)Br)cc1CC. The lowest BCUT2D eigenvalue weighted by atomic mass is 9.98. The molecule has 1 aromatic rings. The van der Waals surface area contributed by atoms with E-state index in [0.29, 0.717) is 0 Å². The molecule has 1 rings (SSSR count). The molecule has 0 aliphatic rings. The second-order valence-electron chi connectivity index (χ2n) is 3.67. The molecule has 1 unspecified atom stereocenters. The predicted octanol–water partition coefficient (Wildman–Crippen LogP) is 3.78. The molecule has 1 atom stereocenters. The first kappa shape index (κ1) is 12.4. The Kier molecular flexibility index (Phi) is 4.52. The van der Waals surface area contributed by atoms with Gasteiger partial charge in [0.1, 0.15) is 0 Å². The number of aryl methyl sites for hydroxylation is 2. The van der Waals surface area contributed by atoms with Gasteiger partial charge < -0.3 is 0 Å². The van der Waals surface area contributed by atoms with Crippen LogP contribution in [0, 0.1) is 0 Å². The van der Waals surface area contributed by atoms with Crippen LogP contribution in [-0.4, -0.2) is 10.6 Å². The Morgan fingerprint density at radius 3 is 2.33 bits per heavy atom. The van der Waals surface area contributed by atoms with Gasteiger partial charge in [-0.15, -0.1) is 0 Å². The molecular formula is C13H17BrO. The standard InChI is InChI=1S/C13H17BrO/c1-4-10-6-7-12(8-11(10)5-2)13(15)9(3)14/h6-9H,4-5H2,1-3H3. The topological polar surface area (TPSA) is 17.1 Å². The molecule has 0 saturated carbocycles. The van der Waals surface area contributed by atoms with Crippen molar-refractivity contribution in [3.8, 4) is 0 Å². The summed E-state index contributed by atoms with van der Waals surface area (Å²) in [6.07, 6.45) is 2.02. The van der Waals surface area contributed by atoms with Crippen LogP contribution >= 0.6 is 15.9 Å². The average Bonchev–Trinajstić information content (AvgIpc) is 2.26. The minimum atomic E-state index is -0.102. The third kappa shape index (κ3) is 2.91. The molecule has 1 nitrogen and oxygen atoms in total. The van der Waals surface area contributed by atoms with Crippen molar-refractivity contribution in [2.45, 2.75) is 38.4 Å². The van der Waals surface area contributed by atoms with Crippen molar-refractivity contribution in [1.29, 1.82) is 0 Å². The molecule has 2 heteroatoms. The summed E-state index contributed by atoms with van der Waals surface area (Å²) in [6, 6.07) is 6.03. The van der Waals surface area contributed by atoms with E-state index in [1.807, 2.05) is 19.1 Å². The van der Waals surface area contributed by atoms with E-state index in [9.17, 15) is 4.79 Å². The Bertz CT molecular complexity index is 356. The van der Waals surface area contributed by atoms with E-state index < -0.39 is 0 Å². The van der Waals surface area contributed by atoms with E-state index in [0.717, 1.165) is 18.4 Å². The fourth-order valence-corrected chi connectivity index (χ4v) is 1.95. The summed E-state index contributed by atoms with van der Waals surface area (Å²) in [7, 11) is 0. The van der Waals surface area contributed by atoms with Gasteiger partial charge in [0.25, 0.3) is 0 Å². The maximum atomic E-state index is 11.8. The van der Waals surface area contributed by atoms with Gasteiger partial charge in [-0.05, 0) is 37.0 Å². The molecule has 0 N–H and O–H groups in total. The van der Waals surface area contributed by atoms with Crippen LogP contribution in [0.2, 0.25) is 0 Å². The number of carbonyl (C=O) groups is 1. The normalized spacial score (nSPS) is 12.5. The van der Waals surface area contributed by atoms with Crippen LogP contribution in [0.4, 0.5) is 0 Å². The number of hydrogen-bond acceptors (Lipinski definition) is 1. The first-order chi connectivity index (χ1) is 7.10. The van der Waals surface area contributed by atoms with Gasteiger partial charge in [0.2, 0.25) is 0 Å². The van der Waals surface area contributed by atoms with Gasteiger partial charge in [-0.25, -0.2) is 0 Å².